The van der Waals surface area contributed by atoms with Gasteiger partial charge in [-0.3, -0.25) is 0 Å². The molecular weight excluding hydrogens is 394 g/mol. The van der Waals surface area contributed by atoms with Crippen LogP contribution in [0.3, 0.4) is 0 Å². The van der Waals surface area contributed by atoms with Crippen molar-refractivity contribution in [2.24, 2.45) is 29.6 Å². The van der Waals surface area contributed by atoms with Crippen molar-refractivity contribution in [3.63, 3.8) is 0 Å². The molecule has 5 atom stereocenters. The number of halogens is 6. The summed E-state index contributed by atoms with van der Waals surface area (Å²) in [6, 6.07) is 0. The zero-order valence-corrected chi connectivity index (χ0v) is 15.8. The lowest BCUT2D eigenvalue weighted by atomic mass is 9.71. The minimum atomic E-state index is -5.82. The van der Waals surface area contributed by atoms with Gasteiger partial charge in [0.2, 0.25) is 0 Å². The highest BCUT2D eigenvalue weighted by Crippen LogP contribution is 2.61. The Labute approximate surface area is 158 Å². The van der Waals surface area contributed by atoms with Crippen molar-refractivity contribution in [1.82, 2.24) is 0 Å². The second kappa shape index (κ2) is 6.67. The van der Waals surface area contributed by atoms with Crippen molar-refractivity contribution in [3.8, 4) is 0 Å². The predicted octanol–water partition coefficient (Wildman–Crippen LogP) is 5.11. The molecule has 2 saturated carbocycles. The van der Waals surface area contributed by atoms with Crippen molar-refractivity contribution >= 4 is 6.16 Å². The van der Waals surface area contributed by atoms with Crippen LogP contribution in [0.2, 0.25) is 0 Å². The molecule has 10 heteroatoms. The molecule has 0 aromatic rings. The molecule has 2 bridgehead atoms. The van der Waals surface area contributed by atoms with Gasteiger partial charge in [0, 0.05) is 6.42 Å². The number of hydrogen-bond acceptors (Lipinski definition) is 4. The van der Waals surface area contributed by atoms with Gasteiger partial charge in [-0.25, -0.2) is 4.79 Å². The molecule has 28 heavy (non-hydrogen) atoms. The highest BCUT2D eigenvalue weighted by atomic mass is 19.4. The number of carbonyl (C=O) groups is 1. The maximum absolute atomic E-state index is 13.8. The Bertz CT molecular complexity index is 595. The third kappa shape index (κ3) is 3.68. The lowest BCUT2D eigenvalue weighted by molar-refractivity contribution is -0.374. The van der Waals surface area contributed by atoms with E-state index in [1.165, 1.54) is 20.8 Å². The average Bonchev–Trinajstić information content (AvgIpc) is 3.14. The topological polar surface area (TPSA) is 44.8 Å². The van der Waals surface area contributed by atoms with Crippen LogP contribution in [0.1, 0.15) is 40.0 Å². The highest BCUT2D eigenvalue weighted by Gasteiger charge is 2.76. The molecule has 2 aliphatic carbocycles. The first-order valence-electron chi connectivity index (χ1n) is 9.28. The maximum atomic E-state index is 13.8. The Balaban J connectivity index is 1.87. The van der Waals surface area contributed by atoms with E-state index in [1.54, 1.807) is 0 Å². The molecule has 3 fully saturated rings. The van der Waals surface area contributed by atoms with E-state index in [4.69, 9.17) is 4.74 Å². The Hall–Kier alpha value is -1.19. The lowest BCUT2D eigenvalue weighted by Crippen LogP contribution is -2.61. The number of ether oxygens (including phenoxy) is 3. The van der Waals surface area contributed by atoms with E-state index >= 15 is 0 Å². The van der Waals surface area contributed by atoms with Crippen LogP contribution in [0.25, 0.3) is 0 Å². The number of carbonyl (C=O) groups excluding carboxylic acids is 1. The van der Waals surface area contributed by atoms with Crippen molar-refractivity contribution in [3.05, 3.63) is 0 Å². The first-order chi connectivity index (χ1) is 12.6. The van der Waals surface area contributed by atoms with Gasteiger partial charge in [-0.2, -0.15) is 26.3 Å². The minimum Gasteiger partial charge on any atom is -0.429 e. The summed E-state index contributed by atoms with van der Waals surface area (Å²) in [5, 5.41) is 0. The normalized spacial score (nSPS) is 33.1. The van der Waals surface area contributed by atoms with E-state index < -0.39 is 42.0 Å². The van der Waals surface area contributed by atoms with Crippen LogP contribution in [0, 0.1) is 29.6 Å². The molecule has 1 aliphatic heterocycles. The summed E-state index contributed by atoms with van der Waals surface area (Å²) in [4.78, 5) is 11.8. The Morgan fingerprint density at radius 3 is 2.00 bits per heavy atom. The SMILES string of the molecule is CC(C)(C)OC(=O)OC(CC1CC2CC1C1COCC21)(C(F)(F)F)C(F)(F)F. The standard InChI is InChI=1S/C18H24F6O4/c1-15(2,3)27-14(25)28-16(17(19,20)21,18(22,23)24)6-10-4-9-5-11(10)13-8-26-7-12(9)13/h9-13H,4-8H2,1-3H3. The number of alkyl halides is 6. The molecule has 1 saturated heterocycles. The van der Waals surface area contributed by atoms with Gasteiger partial charge in [0.05, 0.1) is 13.2 Å². The third-order valence-electron chi connectivity index (χ3n) is 6.22. The number of rotatable bonds is 3. The molecule has 3 rings (SSSR count). The molecule has 0 N–H and O–H groups in total. The van der Waals surface area contributed by atoms with Crippen LogP contribution in [-0.4, -0.2) is 42.9 Å². The molecule has 1 heterocycles. The lowest BCUT2D eigenvalue weighted by Gasteiger charge is -2.41. The first-order valence-corrected chi connectivity index (χ1v) is 9.28. The van der Waals surface area contributed by atoms with Gasteiger partial charge in [-0.05, 0) is 63.2 Å². The molecule has 4 nitrogen and oxygen atoms in total. The summed E-state index contributed by atoms with van der Waals surface area (Å²) in [6.45, 7) is 4.85. The monoisotopic (exact) mass is 418 g/mol. The fraction of sp³-hybridized carbons (Fsp3) is 0.944. The van der Waals surface area contributed by atoms with Crippen molar-refractivity contribution in [2.75, 3.05) is 13.2 Å². The fourth-order valence-corrected chi connectivity index (χ4v) is 5.16. The van der Waals surface area contributed by atoms with Crippen molar-refractivity contribution < 1.29 is 45.3 Å². The molecule has 162 valence electrons. The zero-order valence-electron chi connectivity index (χ0n) is 15.8. The summed E-state index contributed by atoms with van der Waals surface area (Å²) >= 11 is 0. The summed E-state index contributed by atoms with van der Waals surface area (Å²) in [7, 11) is 0. The Kier molecular flexibility index (Phi) is 5.12. The van der Waals surface area contributed by atoms with Crippen molar-refractivity contribution in [1.29, 1.82) is 0 Å². The predicted molar refractivity (Wildman–Crippen MR) is 84.3 cm³/mol. The fourth-order valence-electron chi connectivity index (χ4n) is 5.16. The summed E-state index contributed by atoms with van der Waals surface area (Å²) in [5.74, 6) is -0.894. The molecule has 5 unspecified atom stereocenters. The summed E-state index contributed by atoms with van der Waals surface area (Å²) in [5.41, 5.74) is -5.88. The summed E-state index contributed by atoms with van der Waals surface area (Å²) < 4.78 is 96.6. The first kappa shape index (κ1) is 21.5. The molecule has 0 aromatic heterocycles. The molecule has 3 aliphatic rings. The van der Waals surface area contributed by atoms with Gasteiger partial charge in [0.1, 0.15) is 5.60 Å². The molecule has 0 radical (unpaired) electrons. The van der Waals surface area contributed by atoms with Gasteiger partial charge in [0.15, 0.2) is 0 Å². The zero-order chi connectivity index (χ0) is 21.1. The van der Waals surface area contributed by atoms with Gasteiger partial charge in [-0.15, -0.1) is 0 Å². The molecule has 0 spiro atoms. The quantitative estimate of drug-likeness (QED) is 0.472. The smallest absolute Gasteiger partial charge is 0.429 e. The van der Waals surface area contributed by atoms with Crippen LogP contribution in [0.5, 0.6) is 0 Å². The number of hydrogen-bond donors (Lipinski definition) is 0. The second-order valence-electron chi connectivity index (χ2n) is 9.11. The Morgan fingerprint density at radius 1 is 0.893 bits per heavy atom. The average molecular weight is 418 g/mol. The second-order valence-corrected chi connectivity index (χ2v) is 9.11. The van der Waals surface area contributed by atoms with E-state index in [2.05, 4.69) is 9.47 Å². The minimum absolute atomic E-state index is 0.0237. The van der Waals surface area contributed by atoms with E-state index in [-0.39, 0.29) is 30.1 Å². The molecule has 0 amide bonds. The van der Waals surface area contributed by atoms with Crippen LogP contribution in [0.15, 0.2) is 0 Å². The van der Waals surface area contributed by atoms with Gasteiger partial charge >= 0.3 is 24.1 Å². The van der Waals surface area contributed by atoms with Crippen LogP contribution in [0.4, 0.5) is 31.1 Å². The summed E-state index contributed by atoms with van der Waals surface area (Å²) in [6.07, 6.45) is -14.1. The van der Waals surface area contributed by atoms with Gasteiger partial charge in [-0.1, -0.05) is 0 Å². The van der Waals surface area contributed by atoms with E-state index in [9.17, 15) is 31.1 Å². The van der Waals surface area contributed by atoms with E-state index in [0.717, 1.165) is 0 Å². The Morgan fingerprint density at radius 2 is 1.46 bits per heavy atom. The van der Waals surface area contributed by atoms with Gasteiger partial charge in [0.25, 0.3) is 0 Å². The van der Waals surface area contributed by atoms with E-state index in [0.29, 0.717) is 19.6 Å². The van der Waals surface area contributed by atoms with E-state index in [1.807, 2.05) is 0 Å². The van der Waals surface area contributed by atoms with Crippen LogP contribution >= 0.6 is 0 Å². The molecule has 0 aromatic carbocycles. The third-order valence-corrected chi connectivity index (χ3v) is 6.22. The molecular formula is C18H24F6O4. The maximum Gasteiger partial charge on any atom is 0.510 e. The van der Waals surface area contributed by atoms with Crippen LogP contribution in [-0.2, 0) is 14.2 Å². The van der Waals surface area contributed by atoms with Gasteiger partial charge < -0.3 is 14.2 Å². The van der Waals surface area contributed by atoms with Crippen LogP contribution < -0.4 is 0 Å². The number of fused-ring (bicyclic) bond motifs is 5. The highest BCUT2D eigenvalue weighted by molar-refractivity contribution is 5.61. The largest absolute Gasteiger partial charge is 0.510 e. The van der Waals surface area contributed by atoms with Crippen molar-refractivity contribution in [2.45, 2.75) is 63.6 Å².